The lowest BCUT2D eigenvalue weighted by molar-refractivity contribution is 0.667. The molecule has 0 radical (unpaired) electrons. The van der Waals surface area contributed by atoms with E-state index in [1.165, 1.54) is 0 Å². The molecule has 0 N–H and O–H groups in total. The average Bonchev–Trinajstić information content (AvgIpc) is 2.74. The number of nitrogens with zero attached hydrogens (tertiary/aromatic N) is 4. The van der Waals surface area contributed by atoms with Crippen molar-refractivity contribution in [3.8, 4) is 0 Å². The Morgan fingerprint density at radius 2 is 1.04 bits per heavy atom. The van der Waals surface area contributed by atoms with Crippen LogP contribution in [0.5, 0.6) is 0 Å². The molecule has 0 aliphatic rings. The van der Waals surface area contributed by atoms with E-state index in [1.54, 1.807) is 18.6 Å². The maximum Gasteiger partial charge on any atom is 0.0488 e. The van der Waals surface area contributed by atoms with E-state index < -0.39 is 0 Å². The molecule has 0 bridgehead atoms. The van der Waals surface area contributed by atoms with Crippen LogP contribution in [0.1, 0.15) is 34.2 Å². The summed E-state index contributed by atoms with van der Waals surface area (Å²) < 4.78 is 0. The Hall–Kier alpha value is -3.40. The van der Waals surface area contributed by atoms with Gasteiger partial charge >= 0.3 is 0 Å². The van der Waals surface area contributed by atoms with E-state index in [-0.39, 0.29) is 11.8 Å². The zero-order valence-corrected chi connectivity index (χ0v) is 14.2. The van der Waals surface area contributed by atoms with E-state index in [1.807, 2.05) is 55.1 Å². The number of hydrogen-bond acceptors (Lipinski definition) is 4. The van der Waals surface area contributed by atoms with Gasteiger partial charge in [-0.25, -0.2) is 0 Å². The van der Waals surface area contributed by atoms with Gasteiger partial charge < -0.3 is 0 Å². The standard InChI is InChI=1S/C22H18N4/c1-2-13-26-20(9-1)22(19-8-5-12-25-16-19)21(17-6-3-10-23-14-17)18-7-4-11-24-15-18/h1-16,21-22H. The van der Waals surface area contributed by atoms with E-state index in [9.17, 15) is 0 Å². The summed E-state index contributed by atoms with van der Waals surface area (Å²) in [5.41, 5.74) is 4.36. The van der Waals surface area contributed by atoms with Crippen molar-refractivity contribution >= 4 is 0 Å². The highest BCUT2D eigenvalue weighted by molar-refractivity contribution is 5.40. The second kappa shape index (κ2) is 7.66. The summed E-state index contributed by atoms with van der Waals surface area (Å²) >= 11 is 0. The van der Waals surface area contributed by atoms with Crippen LogP contribution in [-0.4, -0.2) is 19.9 Å². The fourth-order valence-electron chi connectivity index (χ4n) is 3.35. The van der Waals surface area contributed by atoms with Crippen LogP contribution in [-0.2, 0) is 0 Å². The third-order valence-corrected chi connectivity index (χ3v) is 4.47. The van der Waals surface area contributed by atoms with Crippen molar-refractivity contribution in [3.63, 3.8) is 0 Å². The molecule has 1 unspecified atom stereocenters. The quantitative estimate of drug-likeness (QED) is 0.546. The zero-order valence-electron chi connectivity index (χ0n) is 14.2. The molecule has 4 heterocycles. The van der Waals surface area contributed by atoms with E-state index >= 15 is 0 Å². The van der Waals surface area contributed by atoms with Crippen molar-refractivity contribution in [1.29, 1.82) is 0 Å². The molecule has 0 spiro atoms. The highest BCUT2D eigenvalue weighted by atomic mass is 14.7. The van der Waals surface area contributed by atoms with Crippen molar-refractivity contribution in [2.75, 3.05) is 0 Å². The van der Waals surface area contributed by atoms with Crippen LogP contribution in [0.2, 0.25) is 0 Å². The Labute approximate surface area is 152 Å². The minimum Gasteiger partial charge on any atom is -0.264 e. The molecule has 4 heteroatoms. The van der Waals surface area contributed by atoms with Crippen molar-refractivity contribution in [2.45, 2.75) is 11.8 Å². The number of aromatic nitrogens is 4. The monoisotopic (exact) mass is 338 g/mol. The number of hydrogen-bond donors (Lipinski definition) is 0. The molecule has 0 saturated carbocycles. The first-order valence-corrected chi connectivity index (χ1v) is 8.54. The Balaban J connectivity index is 1.93. The summed E-state index contributed by atoms with van der Waals surface area (Å²) in [6.07, 6.45) is 13.0. The first-order chi connectivity index (χ1) is 12.9. The van der Waals surface area contributed by atoms with E-state index in [2.05, 4.69) is 44.2 Å². The predicted octanol–water partition coefficient (Wildman–Crippen LogP) is 4.23. The normalized spacial score (nSPS) is 12.0. The van der Waals surface area contributed by atoms with Crippen LogP contribution in [0.3, 0.4) is 0 Å². The first-order valence-electron chi connectivity index (χ1n) is 8.54. The summed E-state index contributed by atoms with van der Waals surface area (Å²) in [5.74, 6) is 0.0507. The zero-order chi connectivity index (χ0) is 17.6. The minimum atomic E-state index is 0.0123. The summed E-state index contributed by atoms with van der Waals surface area (Å²) in [5, 5.41) is 0. The van der Waals surface area contributed by atoms with Gasteiger partial charge in [-0.15, -0.1) is 0 Å². The molecule has 4 aromatic heterocycles. The first kappa shape index (κ1) is 16.1. The molecular formula is C22H18N4. The second-order valence-corrected chi connectivity index (χ2v) is 6.07. The molecular weight excluding hydrogens is 320 g/mol. The SMILES string of the molecule is c1ccc(C(c2cccnc2)C(c2cccnc2)c2cccnc2)nc1. The molecule has 26 heavy (non-hydrogen) atoms. The number of rotatable bonds is 5. The van der Waals surface area contributed by atoms with Gasteiger partial charge in [0.25, 0.3) is 0 Å². The molecule has 0 amide bonds. The van der Waals surface area contributed by atoms with Gasteiger partial charge in [-0.1, -0.05) is 24.3 Å². The van der Waals surface area contributed by atoms with Crippen LogP contribution in [0.15, 0.2) is 98.0 Å². The van der Waals surface area contributed by atoms with Gasteiger partial charge in [0.1, 0.15) is 0 Å². The van der Waals surface area contributed by atoms with E-state index in [0.717, 1.165) is 22.4 Å². The molecule has 0 aliphatic heterocycles. The second-order valence-electron chi connectivity index (χ2n) is 6.07. The Morgan fingerprint density at radius 1 is 0.500 bits per heavy atom. The van der Waals surface area contributed by atoms with Gasteiger partial charge in [0.15, 0.2) is 0 Å². The van der Waals surface area contributed by atoms with Crippen molar-refractivity contribution in [1.82, 2.24) is 19.9 Å². The number of pyridine rings is 4. The maximum atomic E-state index is 4.66. The molecule has 4 rings (SSSR count). The van der Waals surface area contributed by atoms with E-state index in [4.69, 9.17) is 0 Å². The highest BCUT2D eigenvalue weighted by Gasteiger charge is 2.29. The van der Waals surface area contributed by atoms with Crippen LogP contribution < -0.4 is 0 Å². The molecule has 1 atom stereocenters. The lowest BCUT2D eigenvalue weighted by Gasteiger charge is -2.27. The van der Waals surface area contributed by atoms with Gasteiger partial charge in [-0.2, -0.15) is 0 Å². The fourth-order valence-corrected chi connectivity index (χ4v) is 3.35. The highest BCUT2D eigenvalue weighted by Crippen LogP contribution is 2.41. The third-order valence-electron chi connectivity index (χ3n) is 4.47. The van der Waals surface area contributed by atoms with Crippen molar-refractivity contribution in [3.05, 3.63) is 120 Å². The van der Waals surface area contributed by atoms with Crippen molar-refractivity contribution in [2.24, 2.45) is 0 Å². The largest absolute Gasteiger partial charge is 0.264 e. The van der Waals surface area contributed by atoms with Crippen LogP contribution in [0.4, 0.5) is 0 Å². The topological polar surface area (TPSA) is 51.6 Å². The minimum absolute atomic E-state index is 0.0123. The fraction of sp³-hybridized carbons (Fsp3) is 0.0909. The summed E-state index contributed by atoms with van der Waals surface area (Å²) in [4.78, 5) is 17.7. The molecule has 4 nitrogen and oxygen atoms in total. The average molecular weight is 338 g/mol. The molecule has 126 valence electrons. The smallest absolute Gasteiger partial charge is 0.0488 e. The van der Waals surface area contributed by atoms with Gasteiger partial charge in [0.05, 0.1) is 0 Å². The predicted molar refractivity (Wildman–Crippen MR) is 101 cm³/mol. The summed E-state index contributed by atoms with van der Waals surface area (Å²) in [6.45, 7) is 0. The molecule has 0 aromatic carbocycles. The van der Waals surface area contributed by atoms with Crippen LogP contribution in [0.25, 0.3) is 0 Å². The molecule has 0 fully saturated rings. The Bertz CT molecular complexity index is 769. The van der Waals surface area contributed by atoms with Gasteiger partial charge in [-0.05, 0) is 47.0 Å². The third kappa shape index (κ3) is 3.35. The maximum absolute atomic E-state index is 4.66. The lowest BCUT2D eigenvalue weighted by atomic mass is 9.76. The molecule has 4 aromatic rings. The van der Waals surface area contributed by atoms with Crippen molar-refractivity contribution < 1.29 is 0 Å². The van der Waals surface area contributed by atoms with Gasteiger partial charge in [-0.3, -0.25) is 19.9 Å². The Morgan fingerprint density at radius 3 is 1.46 bits per heavy atom. The van der Waals surface area contributed by atoms with Crippen LogP contribution >= 0.6 is 0 Å². The van der Waals surface area contributed by atoms with Gasteiger partial charge in [0, 0.05) is 60.9 Å². The van der Waals surface area contributed by atoms with E-state index in [0.29, 0.717) is 0 Å². The summed E-state index contributed by atoms with van der Waals surface area (Å²) in [6, 6.07) is 18.3. The Kier molecular flexibility index (Phi) is 4.74. The molecule has 0 saturated heterocycles. The lowest BCUT2D eigenvalue weighted by Crippen LogP contribution is -2.16. The van der Waals surface area contributed by atoms with Gasteiger partial charge in [0.2, 0.25) is 0 Å². The summed E-state index contributed by atoms with van der Waals surface area (Å²) in [7, 11) is 0. The van der Waals surface area contributed by atoms with Crippen LogP contribution in [0, 0.1) is 0 Å². The molecule has 0 aliphatic carbocycles.